The van der Waals surface area contributed by atoms with Crippen molar-refractivity contribution in [2.24, 2.45) is 0 Å². The second-order valence-electron chi connectivity index (χ2n) is 8.96. The molecular formula is C25H31N3O4. The van der Waals surface area contributed by atoms with Crippen LogP contribution in [0.5, 0.6) is 5.75 Å². The number of hydrogen-bond donors (Lipinski definition) is 1. The Bertz CT molecular complexity index is 1050. The molecule has 0 bridgehead atoms. The van der Waals surface area contributed by atoms with Crippen LogP contribution in [0, 0.1) is 13.8 Å². The van der Waals surface area contributed by atoms with Gasteiger partial charge in [0.25, 0.3) is 5.91 Å². The van der Waals surface area contributed by atoms with Gasteiger partial charge < -0.3 is 24.4 Å². The summed E-state index contributed by atoms with van der Waals surface area (Å²) in [5, 5.41) is 9.95. The number of hydrogen-bond acceptors (Lipinski definition) is 6. The maximum atomic E-state index is 12.9. The number of rotatable bonds is 5. The number of ether oxygens (including phenoxy) is 2. The molecule has 4 heterocycles. The summed E-state index contributed by atoms with van der Waals surface area (Å²) in [5.41, 5.74) is 5.89. The lowest BCUT2D eigenvalue weighted by molar-refractivity contribution is 0.0666. The number of aromatic nitrogens is 1. The van der Waals surface area contributed by atoms with Crippen molar-refractivity contribution in [2.75, 3.05) is 31.1 Å². The van der Waals surface area contributed by atoms with Gasteiger partial charge in [0.1, 0.15) is 17.7 Å². The van der Waals surface area contributed by atoms with Crippen molar-refractivity contribution in [1.29, 1.82) is 0 Å². The van der Waals surface area contributed by atoms with E-state index in [-0.39, 0.29) is 24.7 Å². The smallest absolute Gasteiger partial charge is 0.256 e. The van der Waals surface area contributed by atoms with Crippen LogP contribution in [0.4, 0.5) is 5.82 Å². The first-order valence-electron chi connectivity index (χ1n) is 11.6. The van der Waals surface area contributed by atoms with E-state index in [9.17, 15) is 9.90 Å². The van der Waals surface area contributed by atoms with Gasteiger partial charge in [-0.05, 0) is 55.2 Å². The molecule has 0 radical (unpaired) electrons. The Balaban J connectivity index is 1.32. The van der Waals surface area contributed by atoms with E-state index in [0.717, 1.165) is 54.3 Å². The van der Waals surface area contributed by atoms with Crippen molar-refractivity contribution < 1.29 is 19.4 Å². The third kappa shape index (κ3) is 3.44. The lowest BCUT2D eigenvalue weighted by Crippen LogP contribution is -2.39. The van der Waals surface area contributed by atoms with Gasteiger partial charge in [-0.25, -0.2) is 4.98 Å². The quantitative estimate of drug-likeness (QED) is 0.774. The highest BCUT2D eigenvalue weighted by Gasteiger charge is 2.39. The van der Waals surface area contributed by atoms with Crippen LogP contribution in [-0.2, 0) is 18.0 Å². The van der Waals surface area contributed by atoms with E-state index in [4.69, 9.17) is 14.5 Å². The zero-order valence-electron chi connectivity index (χ0n) is 19.1. The minimum atomic E-state index is -0.356. The van der Waals surface area contributed by atoms with Crippen LogP contribution in [-0.4, -0.2) is 53.2 Å². The molecule has 32 heavy (non-hydrogen) atoms. The number of nitrogens with zero attached hydrogens (tertiary/aromatic N) is 3. The number of aliphatic hydroxyl groups excluding tert-OH is 1. The van der Waals surface area contributed by atoms with Crippen LogP contribution in [0.25, 0.3) is 0 Å². The fraction of sp³-hybridized carbons (Fsp3) is 0.520. The topological polar surface area (TPSA) is 75.1 Å². The first-order valence-corrected chi connectivity index (χ1v) is 11.6. The second-order valence-corrected chi connectivity index (χ2v) is 8.96. The molecule has 3 aliphatic rings. The maximum Gasteiger partial charge on any atom is 0.256 e. The van der Waals surface area contributed by atoms with Crippen molar-refractivity contribution in [1.82, 2.24) is 9.88 Å². The van der Waals surface area contributed by atoms with Crippen molar-refractivity contribution in [2.45, 2.75) is 59.0 Å². The number of fused-ring (bicyclic) bond motifs is 2. The summed E-state index contributed by atoms with van der Waals surface area (Å²) < 4.78 is 11.8. The van der Waals surface area contributed by atoms with Crippen LogP contribution < -0.4 is 9.64 Å². The standard InChI is InChI=1S/C25H31N3O4/c1-4-28-21(12-29)23-22(25(28)30)15(2)16(3)24(26-23)27-9-7-19(8-10-27)32-20-6-5-17-13-31-14-18(17)11-20/h5-6,11,19,21,29H,4,7-10,12-14H2,1-3H3/t21-/m0/s1. The van der Waals surface area contributed by atoms with E-state index in [1.807, 2.05) is 26.8 Å². The molecule has 1 aromatic heterocycles. The van der Waals surface area contributed by atoms with Crippen molar-refractivity contribution >= 4 is 11.7 Å². The van der Waals surface area contributed by atoms with Gasteiger partial charge in [0, 0.05) is 32.5 Å². The average Bonchev–Trinajstić information content (AvgIpc) is 3.38. The Kier molecular flexibility index (Phi) is 5.55. The zero-order chi connectivity index (χ0) is 22.4. The first kappa shape index (κ1) is 21.2. The summed E-state index contributed by atoms with van der Waals surface area (Å²) in [6, 6.07) is 5.90. The van der Waals surface area contributed by atoms with Crippen LogP contribution in [0.1, 0.15) is 64.1 Å². The van der Waals surface area contributed by atoms with E-state index in [1.165, 1.54) is 11.1 Å². The number of amides is 1. The predicted octanol–water partition coefficient (Wildman–Crippen LogP) is 3.29. The Labute approximate surface area is 189 Å². The van der Waals surface area contributed by atoms with E-state index < -0.39 is 0 Å². The molecule has 2 aromatic rings. The number of piperidine rings is 1. The summed E-state index contributed by atoms with van der Waals surface area (Å²) in [5.74, 6) is 1.82. The molecule has 1 N–H and O–H groups in total. The van der Waals surface area contributed by atoms with Gasteiger partial charge >= 0.3 is 0 Å². The van der Waals surface area contributed by atoms with E-state index in [0.29, 0.717) is 25.3 Å². The van der Waals surface area contributed by atoms with Gasteiger partial charge in [0.2, 0.25) is 0 Å². The SMILES string of the molecule is CCN1C(=O)c2c(nc(N3CCC(Oc4ccc5c(c4)COC5)CC3)c(C)c2C)[C@@H]1CO. The van der Waals surface area contributed by atoms with Gasteiger partial charge in [-0.15, -0.1) is 0 Å². The predicted molar refractivity (Wildman–Crippen MR) is 121 cm³/mol. The van der Waals surface area contributed by atoms with Crippen molar-refractivity contribution in [3.63, 3.8) is 0 Å². The summed E-state index contributed by atoms with van der Waals surface area (Å²) in [4.78, 5) is 21.8. The number of likely N-dealkylation sites (N-methyl/N-ethyl adjacent to an activating group) is 1. The second kappa shape index (κ2) is 8.37. The summed E-state index contributed by atoms with van der Waals surface area (Å²) in [6.45, 7) is 9.49. The fourth-order valence-corrected chi connectivity index (χ4v) is 5.20. The van der Waals surface area contributed by atoms with Crippen LogP contribution in [0.15, 0.2) is 18.2 Å². The summed E-state index contributed by atoms with van der Waals surface area (Å²) >= 11 is 0. The molecule has 170 valence electrons. The third-order valence-corrected chi connectivity index (χ3v) is 7.17. The lowest BCUT2D eigenvalue weighted by Gasteiger charge is -2.34. The average molecular weight is 438 g/mol. The molecule has 7 nitrogen and oxygen atoms in total. The molecule has 0 saturated carbocycles. The molecule has 0 spiro atoms. The molecule has 0 unspecified atom stereocenters. The zero-order valence-corrected chi connectivity index (χ0v) is 19.1. The Morgan fingerprint density at radius 2 is 1.91 bits per heavy atom. The minimum absolute atomic E-state index is 0.0203. The van der Waals surface area contributed by atoms with Crippen molar-refractivity contribution in [3.05, 3.63) is 51.7 Å². The number of anilines is 1. The van der Waals surface area contributed by atoms with Gasteiger partial charge in [-0.1, -0.05) is 6.07 Å². The molecule has 5 rings (SSSR count). The van der Waals surface area contributed by atoms with Gasteiger partial charge in [-0.2, -0.15) is 0 Å². The number of carbonyl (C=O) groups excluding carboxylic acids is 1. The van der Waals surface area contributed by atoms with Crippen LogP contribution >= 0.6 is 0 Å². The van der Waals surface area contributed by atoms with E-state index in [2.05, 4.69) is 17.0 Å². The Morgan fingerprint density at radius 3 is 2.62 bits per heavy atom. The monoisotopic (exact) mass is 437 g/mol. The molecule has 1 atom stereocenters. The Morgan fingerprint density at radius 1 is 1.16 bits per heavy atom. The molecule has 7 heteroatoms. The molecule has 1 amide bonds. The highest BCUT2D eigenvalue weighted by atomic mass is 16.5. The third-order valence-electron chi connectivity index (χ3n) is 7.17. The number of carbonyl (C=O) groups is 1. The van der Waals surface area contributed by atoms with Gasteiger partial charge in [0.05, 0.1) is 37.1 Å². The van der Waals surface area contributed by atoms with Gasteiger partial charge in [0.15, 0.2) is 0 Å². The molecule has 1 saturated heterocycles. The van der Waals surface area contributed by atoms with Crippen LogP contribution in [0.2, 0.25) is 0 Å². The normalized spacial score (nSPS) is 20.6. The molecule has 1 fully saturated rings. The molecule has 3 aliphatic heterocycles. The molecule has 0 aliphatic carbocycles. The van der Waals surface area contributed by atoms with E-state index >= 15 is 0 Å². The largest absolute Gasteiger partial charge is 0.490 e. The van der Waals surface area contributed by atoms with E-state index in [1.54, 1.807) is 4.90 Å². The highest BCUT2D eigenvalue weighted by molar-refractivity contribution is 6.00. The first-order chi connectivity index (χ1) is 15.5. The fourth-order valence-electron chi connectivity index (χ4n) is 5.20. The summed E-state index contributed by atoms with van der Waals surface area (Å²) in [6.07, 6.45) is 1.99. The van der Waals surface area contributed by atoms with Crippen molar-refractivity contribution in [3.8, 4) is 5.75 Å². The Hall–Kier alpha value is -2.64. The highest BCUT2D eigenvalue weighted by Crippen LogP contribution is 2.38. The molecular weight excluding hydrogens is 406 g/mol. The summed E-state index contributed by atoms with van der Waals surface area (Å²) in [7, 11) is 0. The maximum absolute atomic E-state index is 12.9. The van der Waals surface area contributed by atoms with Gasteiger partial charge in [-0.3, -0.25) is 4.79 Å². The lowest BCUT2D eigenvalue weighted by atomic mass is 10.00. The number of aliphatic hydroxyl groups is 1. The van der Waals surface area contributed by atoms with Crippen LogP contribution in [0.3, 0.4) is 0 Å². The molecule has 1 aromatic carbocycles. The number of pyridine rings is 1. The number of benzene rings is 1. The minimum Gasteiger partial charge on any atom is -0.490 e.